The maximum atomic E-state index is 14.1. The molecule has 0 bridgehead atoms. The molecule has 39 heavy (non-hydrogen) atoms. The van der Waals surface area contributed by atoms with Crippen molar-refractivity contribution in [3.63, 3.8) is 0 Å². The molecule has 0 aliphatic carbocycles. The van der Waals surface area contributed by atoms with Crippen molar-refractivity contribution in [1.82, 2.24) is 9.55 Å². The topological polar surface area (TPSA) is 67.7 Å². The predicted octanol–water partition coefficient (Wildman–Crippen LogP) is 5.76. The van der Waals surface area contributed by atoms with Crippen molar-refractivity contribution in [2.24, 2.45) is 0 Å². The lowest BCUT2D eigenvalue weighted by Crippen LogP contribution is -2.37. The number of aryl methyl sites for hydroxylation is 3. The van der Waals surface area contributed by atoms with Crippen LogP contribution in [-0.4, -0.2) is 41.2 Å². The molecule has 5 rings (SSSR count). The Labute approximate surface area is 230 Å². The third-order valence-corrected chi connectivity index (χ3v) is 7.57. The third-order valence-electron chi connectivity index (χ3n) is 7.57. The second-order valence-electron chi connectivity index (χ2n) is 10.1. The lowest BCUT2D eigenvalue weighted by Gasteiger charge is -2.27. The molecule has 7 heteroatoms. The monoisotopic (exact) mass is 524 g/mol. The van der Waals surface area contributed by atoms with Gasteiger partial charge in [-0.1, -0.05) is 55.5 Å². The van der Waals surface area contributed by atoms with Crippen LogP contribution in [0.3, 0.4) is 0 Å². The molecule has 7 nitrogen and oxygen atoms in total. The SMILES string of the molecule is CCOCN(C(=O)Cn1c([C@@H]2CC(=O)N(c3ccccc3C)C2)nc2ccccc21)c1c(C)cccc1CC. The van der Waals surface area contributed by atoms with Crippen LogP contribution in [0.15, 0.2) is 66.7 Å². The predicted molar refractivity (Wildman–Crippen MR) is 155 cm³/mol. The fraction of sp³-hybridized carbons (Fsp3) is 0.344. The zero-order valence-electron chi connectivity index (χ0n) is 23.2. The van der Waals surface area contributed by atoms with Gasteiger partial charge in [-0.25, -0.2) is 4.98 Å². The fourth-order valence-corrected chi connectivity index (χ4v) is 5.61. The largest absolute Gasteiger partial charge is 0.361 e. The molecule has 3 aromatic carbocycles. The molecule has 1 aromatic heterocycles. The van der Waals surface area contributed by atoms with E-state index in [1.54, 1.807) is 4.90 Å². The summed E-state index contributed by atoms with van der Waals surface area (Å²) in [6.07, 6.45) is 1.16. The number of benzene rings is 3. The quantitative estimate of drug-likeness (QED) is 0.261. The van der Waals surface area contributed by atoms with Crippen molar-refractivity contribution in [3.05, 3.63) is 89.2 Å². The number of para-hydroxylation sites is 4. The molecule has 1 aliphatic heterocycles. The minimum Gasteiger partial charge on any atom is -0.361 e. The van der Waals surface area contributed by atoms with Crippen LogP contribution in [0.1, 0.15) is 48.7 Å². The van der Waals surface area contributed by atoms with Gasteiger partial charge in [-0.2, -0.15) is 0 Å². The molecule has 0 radical (unpaired) electrons. The van der Waals surface area contributed by atoms with E-state index in [4.69, 9.17) is 9.72 Å². The Morgan fingerprint density at radius 2 is 1.74 bits per heavy atom. The van der Waals surface area contributed by atoms with Gasteiger partial charge in [0.15, 0.2) is 0 Å². The molecule has 0 spiro atoms. The number of carbonyl (C=O) groups excluding carboxylic acids is 2. The summed E-state index contributed by atoms with van der Waals surface area (Å²) in [7, 11) is 0. The number of rotatable bonds is 9. The molecule has 202 valence electrons. The summed E-state index contributed by atoms with van der Waals surface area (Å²) in [6.45, 7) is 9.40. The molecule has 0 unspecified atom stereocenters. The van der Waals surface area contributed by atoms with E-state index in [1.165, 1.54) is 0 Å². The third kappa shape index (κ3) is 5.19. The van der Waals surface area contributed by atoms with Gasteiger partial charge >= 0.3 is 0 Å². The molecular weight excluding hydrogens is 488 g/mol. The van der Waals surface area contributed by atoms with E-state index >= 15 is 0 Å². The van der Waals surface area contributed by atoms with E-state index < -0.39 is 0 Å². The first-order valence-electron chi connectivity index (χ1n) is 13.7. The first kappa shape index (κ1) is 26.6. The maximum Gasteiger partial charge on any atom is 0.248 e. The smallest absolute Gasteiger partial charge is 0.248 e. The molecular formula is C32H36N4O3. The Bertz CT molecular complexity index is 1510. The molecule has 0 saturated carbocycles. The number of imidazole rings is 1. The summed E-state index contributed by atoms with van der Waals surface area (Å²) in [5, 5.41) is 0. The van der Waals surface area contributed by atoms with Crippen LogP contribution in [0.5, 0.6) is 0 Å². The fourth-order valence-electron chi connectivity index (χ4n) is 5.61. The molecule has 1 saturated heterocycles. The van der Waals surface area contributed by atoms with Gasteiger partial charge in [0.25, 0.3) is 0 Å². The normalized spacial score (nSPS) is 15.3. The highest BCUT2D eigenvalue weighted by Gasteiger charge is 2.36. The van der Waals surface area contributed by atoms with Gasteiger partial charge in [0.2, 0.25) is 11.8 Å². The molecule has 2 amide bonds. The number of carbonyl (C=O) groups is 2. The Kier molecular flexibility index (Phi) is 7.79. The zero-order valence-corrected chi connectivity index (χ0v) is 23.2. The van der Waals surface area contributed by atoms with Gasteiger partial charge in [-0.15, -0.1) is 0 Å². The Morgan fingerprint density at radius 1 is 1.00 bits per heavy atom. The van der Waals surface area contributed by atoms with Crippen LogP contribution in [-0.2, 0) is 27.3 Å². The van der Waals surface area contributed by atoms with Crippen LogP contribution in [0, 0.1) is 13.8 Å². The van der Waals surface area contributed by atoms with Crippen LogP contribution in [0.4, 0.5) is 11.4 Å². The van der Waals surface area contributed by atoms with Gasteiger partial charge < -0.3 is 14.2 Å². The van der Waals surface area contributed by atoms with Crippen molar-refractivity contribution in [2.75, 3.05) is 29.7 Å². The van der Waals surface area contributed by atoms with Crippen molar-refractivity contribution in [1.29, 1.82) is 0 Å². The number of ether oxygens (including phenoxy) is 1. The summed E-state index contributed by atoms with van der Waals surface area (Å²) in [4.78, 5) is 35.8. The van der Waals surface area contributed by atoms with E-state index in [1.807, 2.05) is 90.9 Å². The highest BCUT2D eigenvalue weighted by molar-refractivity contribution is 5.98. The van der Waals surface area contributed by atoms with Crippen LogP contribution in [0.2, 0.25) is 0 Å². The Hall–Kier alpha value is -3.97. The lowest BCUT2D eigenvalue weighted by molar-refractivity contribution is -0.120. The average Bonchev–Trinajstić information content (AvgIpc) is 3.50. The molecule has 0 N–H and O–H groups in total. The summed E-state index contributed by atoms with van der Waals surface area (Å²) in [5.74, 6) is 0.648. The van der Waals surface area contributed by atoms with Crippen molar-refractivity contribution < 1.29 is 14.3 Å². The highest BCUT2D eigenvalue weighted by atomic mass is 16.5. The zero-order chi connectivity index (χ0) is 27.5. The second kappa shape index (κ2) is 11.4. The van der Waals surface area contributed by atoms with Crippen molar-refractivity contribution in [2.45, 2.75) is 53.0 Å². The summed E-state index contributed by atoms with van der Waals surface area (Å²) in [6, 6.07) is 21.9. The van der Waals surface area contributed by atoms with Gasteiger partial charge in [0.1, 0.15) is 19.1 Å². The molecule has 1 aliphatic rings. The average molecular weight is 525 g/mol. The minimum absolute atomic E-state index is 0.0723. The second-order valence-corrected chi connectivity index (χ2v) is 10.1. The van der Waals surface area contributed by atoms with Crippen LogP contribution in [0.25, 0.3) is 11.0 Å². The first-order valence-corrected chi connectivity index (χ1v) is 13.7. The van der Waals surface area contributed by atoms with Gasteiger partial charge in [0.05, 0.1) is 16.7 Å². The van der Waals surface area contributed by atoms with E-state index in [0.29, 0.717) is 19.6 Å². The van der Waals surface area contributed by atoms with E-state index in [0.717, 1.165) is 51.3 Å². The maximum absolute atomic E-state index is 14.1. The Balaban J connectivity index is 1.52. The standard InChI is InChI=1S/C32H36N4O3/c1-5-24-14-11-13-23(4)31(24)36(21-39-6-2)30(38)20-35-28-17-10-8-15-26(28)33-32(35)25-18-29(37)34(19-25)27-16-9-7-12-22(27)3/h7-17,25H,5-6,18-21H2,1-4H3/t25-/m1/s1. The van der Waals surface area contributed by atoms with Gasteiger partial charge in [0, 0.05) is 31.2 Å². The molecule has 4 aromatic rings. The first-order chi connectivity index (χ1) is 18.9. The summed E-state index contributed by atoms with van der Waals surface area (Å²) in [5.41, 5.74) is 6.75. The number of aromatic nitrogens is 2. The van der Waals surface area contributed by atoms with Crippen LogP contribution >= 0.6 is 0 Å². The van der Waals surface area contributed by atoms with Crippen molar-refractivity contribution >= 4 is 34.2 Å². The molecule has 1 atom stereocenters. The number of fused-ring (bicyclic) bond motifs is 1. The number of hydrogen-bond donors (Lipinski definition) is 0. The minimum atomic E-state index is -0.123. The van der Waals surface area contributed by atoms with Crippen LogP contribution < -0.4 is 9.80 Å². The summed E-state index contributed by atoms with van der Waals surface area (Å²) >= 11 is 0. The Morgan fingerprint density at radius 3 is 2.51 bits per heavy atom. The number of nitrogens with zero attached hydrogens (tertiary/aromatic N) is 4. The van der Waals surface area contributed by atoms with Crippen molar-refractivity contribution in [3.8, 4) is 0 Å². The molecule has 1 fully saturated rings. The number of anilines is 2. The molecule has 2 heterocycles. The van der Waals surface area contributed by atoms with E-state index in [-0.39, 0.29) is 31.0 Å². The van der Waals surface area contributed by atoms with E-state index in [9.17, 15) is 9.59 Å². The number of amides is 2. The highest BCUT2D eigenvalue weighted by Crippen LogP contribution is 2.35. The lowest BCUT2D eigenvalue weighted by atomic mass is 10.0. The number of hydrogen-bond acceptors (Lipinski definition) is 4. The summed E-state index contributed by atoms with van der Waals surface area (Å²) < 4.78 is 7.78. The van der Waals surface area contributed by atoms with Gasteiger partial charge in [-0.05, 0) is 62.1 Å². The van der Waals surface area contributed by atoms with E-state index in [2.05, 4.69) is 13.0 Å². The van der Waals surface area contributed by atoms with Gasteiger partial charge in [-0.3, -0.25) is 14.5 Å².